The molecule has 0 radical (unpaired) electrons. The fraction of sp³-hybridized carbons (Fsp3) is 0.400. The Morgan fingerprint density at radius 2 is 1.81 bits per heavy atom. The van der Waals surface area contributed by atoms with E-state index in [0.29, 0.717) is 5.56 Å². The van der Waals surface area contributed by atoms with Crippen molar-refractivity contribution >= 4 is 6.09 Å². The molecule has 0 unspecified atom stereocenters. The average Bonchev–Trinajstić information content (AvgIpc) is 2.58. The Balaban J connectivity index is 2.08. The summed E-state index contributed by atoms with van der Waals surface area (Å²) in [7, 11) is 0. The van der Waals surface area contributed by atoms with Crippen LogP contribution in [0, 0.1) is 6.92 Å². The number of pyridine rings is 1. The van der Waals surface area contributed by atoms with Crippen molar-refractivity contribution in [3.63, 3.8) is 0 Å². The Bertz CT molecular complexity index is 724. The van der Waals surface area contributed by atoms with Gasteiger partial charge in [0, 0.05) is 17.5 Å². The van der Waals surface area contributed by atoms with Gasteiger partial charge in [0.2, 0.25) is 0 Å². The van der Waals surface area contributed by atoms with Crippen LogP contribution in [0.3, 0.4) is 0 Å². The summed E-state index contributed by atoms with van der Waals surface area (Å²) in [4.78, 5) is 16.1. The first-order valence-corrected chi connectivity index (χ1v) is 8.46. The number of aromatic nitrogens is 1. The first kappa shape index (κ1) is 19.8. The number of alkyl halides is 1. The van der Waals surface area contributed by atoms with E-state index in [0.717, 1.165) is 16.8 Å². The van der Waals surface area contributed by atoms with Crippen LogP contribution >= 0.6 is 0 Å². The van der Waals surface area contributed by atoms with Gasteiger partial charge >= 0.3 is 6.09 Å². The molecule has 0 saturated carbocycles. The minimum absolute atomic E-state index is 0.507. The number of hydrogen-bond donors (Lipinski definition) is 2. The highest BCUT2D eigenvalue weighted by molar-refractivity contribution is 5.68. The zero-order valence-electron chi connectivity index (χ0n) is 15.5. The van der Waals surface area contributed by atoms with Crippen LogP contribution in [0.5, 0.6) is 0 Å². The molecule has 0 aliphatic heterocycles. The summed E-state index contributed by atoms with van der Waals surface area (Å²) < 4.78 is 18.4. The summed E-state index contributed by atoms with van der Waals surface area (Å²) in [5.41, 5.74) is 2.63. The third kappa shape index (κ3) is 5.52. The lowest BCUT2D eigenvalue weighted by Crippen LogP contribution is -2.43. The normalized spacial score (nSPS) is 13.8. The van der Waals surface area contributed by atoms with Crippen molar-refractivity contribution in [3.05, 3.63) is 53.9 Å². The molecule has 140 valence electrons. The number of ether oxygens (including phenoxy) is 1. The zero-order chi connectivity index (χ0) is 19.3. The molecule has 2 N–H and O–H groups in total. The largest absolute Gasteiger partial charge is 0.444 e. The number of carbonyl (C=O) groups is 1. The molecule has 2 rings (SSSR count). The van der Waals surface area contributed by atoms with Gasteiger partial charge in [-0.15, -0.1) is 0 Å². The van der Waals surface area contributed by atoms with Gasteiger partial charge in [-0.05, 0) is 44.9 Å². The second-order valence-electron chi connectivity index (χ2n) is 7.16. The van der Waals surface area contributed by atoms with E-state index in [-0.39, 0.29) is 0 Å². The maximum Gasteiger partial charge on any atom is 0.408 e. The molecule has 2 aromatic rings. The number of rotatable bonds is 5. The van der Waals surface area contributed by atoms with E-state index in [4.69, 9.17) is 4.74 Å². The Kier molecular flexibility index (Phi) is 6.32. The number of alkyl carbamates (subject to hydrolysis) is 1. The van der Waals surface area contributed by atoms with E-state index in [9.17, 15) is 14.3 Å². The number of aliphatic hydroxyl groups excluding tert-OH is 1. The fourth-order valence-corrected chi connectivity index (χ4v) is 2.40. The molecule has 1 aromatic carbocycles. The molecule has 1 amide bonds. The third-order valence-electron chi connectivity index (χ3n) is 3.75. The minimum atomic E-state index is -1.18. The van der Waals surface area contributed by atoms with Gasteiger partial charge in [-0.3, -0.25) is 4.98 Å². The molecule has 0 aliphatic carbocycles. The Morgan fingerprint density at radius 3 is 2.31 bits per heavy atom. The summed E-state index contributed by atoms with van der Waals surface area (Å²) in [5.74, 6) is 0. The summed E-state index contributed by atoms with van der Waals surface area (Å²) in [6.45, 7) is 6.15. The molecule has 0 saturated heterocycles. The highest BCUT2D eigenvalue weighted by Crippen LogP contribution is 2.23. The van der Waals surface area contributed by atoms with Gasteiger partial charge in [0.25, 0.3) is 0 Å². The van der Waals surface area contributed by atoms with Crippen molar-refractivity contribution in [3.8, 4) is 11.1 Å². The van der Waals surface area contributed by atoms with E-state index in [1.807, 2.05) is 31.2 Å². The number of amides is 1. The Hall–Kier alpha value is -2.47. The van der Waals surface area contributed by atoms with Crippen LogP contribution < -0.4 is 5.32 Å². The van der Waals surface area contributed by atoms with E-state index in [1.54, 1.807) is 39.1 Å². The summed E-state index contributed by atoms with van der Waals surface area (Å²) in [5, 5.41) is 12.8. The van der Waals surface area contributed by atoms with Crippen molar-refractivity contribution in [2.24, 2.45) is 0 Å². The molecule has 2 atom stereocenters. The van der Waals surface area contributed by atoms with E-state index in [2.05, 4.69) is 10.3 Å². The second-order valence-corrected chi connectivity index (χ2v) is 7.16. The smallest absolute Gasteiger partial charge is 0.408 e. The van der Waals surface area contributed by atoms with Gasteiger partial charge < -0.3 is 15.2 Å². The first-order chi connectivity index (χ1) is 12.2. The lowest BCUT2D eigenvalue weighted by molar-refractivity contribution is 0.0396. The van der Waals surface area contributed by atoms with Crippen molar-refractivity contribution in [1.29, 1.82) is 0 Å². The van der Waals surface area contributed by atoms with Gasteiger partial charge in [0.05, 0.1) is 6.04 Å². The molecule has 5 nitrogen and oxygen atoms in total. The third-order valence-corrected chi connectivity index (χ3v) is 3.75. The van der Waals surface area contributed by atoms with E-state index < -0.39 is 30.5 Å². The van der Waals surface area contributed by atoms with E-state index >= 15 is 0 Å². The summed E-state index contributed by atoms with van der Waals surface area (Å²) >= 11 is 0. The molecule has 26 heavy (non-hydrogen) atoms. The predicted octanol–water partition coefficient (Wildman–Crippen LogP) is 3.95. The SMILES string of the molecule is Cc1ccc(-c2ccc([C@@H](O)[C@@H](CF)NC(=O)OC(C)(C)C)cc2)cn1. The number of nitrogens with one attached hydrogen (secondary N) is 1. The monoisotopic (exact) mass is 360 g/mol. The molecule has 6 heteroatoms. The molecular weight excluding hydrogens is 335 g/mol. The maximum atomic E-state index is 13.3. The molecule has 0 fully saturated rings. The van der Waals surface area contributed by atoms with Gasteiger partial charge in [-0.1, -0.05) is 30.3 Å². The second kappa shape index (κ2) is 8.27. The highest BCUT2D eigenvalue weighted by Gasteiger charge is 2.25. The van der Waals surface area contributed by atoms with Crippen molar-refractivity contribution < 1.29 is 19.0 Å². The number of aryl methyl sites for hydroxylation is 1. The van der Waals surface area contributed by atoms with Gasteiger partial charge in [-0.25, -0.2) is 9.18 Å². The number of nitrogens with zero attached hydrogens (tertiary/aromatic N) is 1. The zero-order valence-corrected chi connectivity index (χ0v) is 15.5. The number of hydrogen-bond acceptors (Lipinski definition) is 4. The quantitative estimate of drug-likeness (QED) is 0.847. The van der Waals surface area contributed by atoms with Crippen molar-refractivity contribution in [2.45, 2.75) is 45.4 Å². The average molecular weight is 360 g/mol. The van der Waals surface area contributed by atoms with Crippen molar-refractivity contribution in [1.82, 2.24) is 10.3 Å². The topological polar surface area (TPSA) is 71.5 Å². The van der Waals surface area contributed by atoms with Gasteiger partial charge in [0.1, 0.15) is 18.4 Å². The molecule has 0 bridgehead atoms. The minimum Gasteiger partial charge on any atom is -0.444 e. The number of halogens is 1. The number of benzene rings is 1. The summed E-state index contributed by atoms with van der Waals surface area (Å²) in [6.07, 6.45) is -0.172. The molecule has 0 spiro atoms. The molecule has 1 heterocycles. The van der Waals surface area contributed by atoms with Crippen LogP contribution in [0.2, 0.25) is 0 Å². The fourth-order valence-electron chi connectivity index (χ4n) is 2.40. The molecular formula is C20H25FN2O3. The lowest BCUT2D eigenvalue weighted by atomic mass is 9.99. The standard InChI is InChI=1S/C20H25FN2O3/c1-13-5-6-16(12-22-13)14-7-9-15(10-8-14)18(24)17(11-21)23-19(25)26-20(2,3)4/h5-10,12,17-18,24H,11H2,1-4H3,(H,23,25)/t17-,18-/m1/s1. The van der Waals surface area contributed by atoms with Gasteiger partial charge in [-0.2, -0.15) is 0 Å². The Labute approximate surface area is 153 Å². The van der Waals surface area contributed by atoms with Crippen molar-refractivity contribution in [2.75, 3.05) is 6.67 Å². The Morgan fingerprint density at radius 1 is 1.19 bits per heavy atom. The number of carbonyl (C=O) groups excluding carboxylic acids is 1. The van der Waals surface area contributed by atoms with Crippen LogP contribution in [0.4, 0.5) is 9.18 Å². The molecule has 1 aromatic heterocycles. The summed E-state index contributed by atoms with van der Waals surface area (Å²) in [6, 6.07) is 9.86. The maximum absolute atomic E-state index is 13.3. The van der Waals surface area contributed by atoms with Crippen LogP contribution in [-0.4, -0.2) is 34.5 Å². The van der Waals surface area contributed by atoms with Crippen LogP contribution in [0.15, 0.2) is 42.6 Å². The van der Waals surface area contributed by atoms with Crippen LogP contribution in [-0.2, 0) is 4.74 Å². The molecule has 0 aliphatic rings. The van der Waals surface area contributed by atoms with Gasteiger partial charge in [0.15, 0.2) is 0 Å². The van der Waals surface area contributed by atoms with E-state index in [1.165, 1.54) is 0 Å². The number of aliphatic hydroxyl groups is 1. The predicted molar refractivity (Wildman–Crippen MR) is 98.5 cm³/mol. The highest BCUT2D eigenvalue weighted by atomic mass is 19.1. The first-order valence-electron chi connectivity index (χ1n) is 8.46. The lowest BCUT2D eigenvalue weighted by Gasteiger charge is -2.25. The van der Waals surface area contributed by atoms with Crippen LogP contribution in [0.1, 0.15) is 38.1 Å². The van der Waals surface area contributed by atoms with Crippen LogP contribution in [0.25, 0.3) is 11.1 Å².